The second kappa shape index (κ2) is 6.32. The van der Waals surface area contributed by atoms with Crippen LogP contribution in [0, 0.1) is 5.92 Å². The molecule has 0 bridgehead atoms. The van der Waals surface area contributed by atoms with Crippen molar-refractivity contribution in [1.82, 2.24) is 0 Å². The van der Waals surface area contributed by atoms with Gasteiger partial charge in [0.1, 0.15) is 11.5 Å². The minimum Gasteiger partial charge on any atom is -0.461 e. The summed E-state index contributed by atoms with van der Waals surface area (Å²) < 4.78 is 5.75. The molecule has 1 amide bonds. The van der Waals surface area contributed by atoms with Gasteiger partial charge in [0.15, 0.2) is 0 Å². The Morgan fingerprint density at radius 3 is 2.52 bits per heavy atom. The molecule has 2 atom stereocenters. The van der Waals surface area contributed by atoms with E-state index >= 15 is 0 Å². The van der Waals surface area contributed by atoms with Gasteiger partial charge >= 0.3 is 0 Å². The molecule has 4 nitrogen and oxygen atoms in total. The number of hydrogen-bond donors (Lipinski definition) is 1. The highest BCUT2D eigenvalue weighted by Gasteiger charge is 2.36. The van der Waals surface area contributed by atoms with Crippen LogP contribution in [0.2, 0.25) is 0 Å². The van der Waals surface area contributed by atoms with Crippen LogP contribution in [-0.4, -0.2) is 20.0 Å². The van der Waals surface area contributed by atoms with E-state index in [1.807, 2.05) is 55.4 Å². The molecular formula is C19H22N2O2. The molecule has 1 heterocycles. The van der Waals surface area contributed by atoms with E-state index in [1.165, 1.54) is 12.5 Å². The molecule has 0 spiro atoms. The van der Waals surface area contributed by atoms with Gasteiger partial charge in [-0.25, -0.2) is 0 Å². The Balaban J connectivity index is 1.57. The number of carbonyl (C=O) groups is 1. The Labute approximate surface area is 136 Å². The standard InChI is InChI=1S/C19H22N2O2/c1-13-12-17(13)18-10-8-16(23-18)9-11-19(22)20-14-4-6-15(7-5-14)21(2)3/h4-11,13,17H,12H2,1-3H3,(H,20,22)/b11-9-/t13-,17+/m1/s1. The number of hydrogen-bond acceptors (Lipinski definition) is 3. The Bertz CT molecular complexity index is 713. The van der Waals surface area contributed by atoms with Crippen LogP contribution in [-0.2, 0) is 4.79 Å². The number of carbonyl (C=O) groups excluding carboxylic acids is 1. The fourth-order valence-electron chi connectivity index (χ4n) is 2.56. The van der Waals surface area contributed by atoms with Gasteiger partial charge in [0.2, 0.25) is 5.91 Å². The highest BCUT2D eigenvalue weighted by Crippen LogP contribution is 2.47. The lowest BCUT2D eigenvalue weighted by molar-refractivity contribution is -0.111. The molecule has 1 fully saturated rings. The van der Waals surface area contributed by atoms with E-state index in [4.69, 9.17) is 4.42 Å². The summed E-state index contributed by atoms with van der Waals surface area (Å²) in [7, 11) is 3.96. The minimum absolute atomic E-state index is 0.166. The summed E-state index contributed by atoms with van der Waals surface area (Å²) in [5.74, 6) is 2.85. The van der Waals surface area contributed by atoms with Crippen LogP contribution >= 0.6 is 0 Å². The van der Waals surface area contributed by atoms with E-state index in [-0.39, 0.29) is 5.91 Å². The zero-order chi connectivity index (χ0) is 16.4. The van der Waals surface area contributed by atoms with Gasteiger partial charge in [-0.1, -0.05) is 6.92 Å². The van der Waals surface area contributed by atoms with Crippen molar-refractivity contribution in [3.8, 4) is 0 Å². The zero-order valence-corrected chi connectivity index (χ0v) is 13.7. The first kappa shape index (κ1) is 15.4. The molecule has 1 N–H and O–H groups in total. The second-order valence-electron chi connectivity index (χ2n) is 6.32. The molecule has 2 aromatic rings. The predicted molar refractivity (Wildman–Crippen MR) is 93.7 cm³/mol. The van der Waals surface area contributed by atoms with Crippen molar-refractivity contribution in [2.24, 2.45) is 5.92 Å². The number of benzene rings is 1. The van der Waals surface area contributed by atoms with Crippen LogP contribution in [0.25, 0.3) is 6.08 Å². The maximum atomic E-state index is 12.0. The topological polar surface area (TPSA) is 45.5 Å². The fourth-order valence-corrected chi connectivity index (χ4v) is 2.56. The zero-order valence-electron chi connectivity index (χ0n) is 13.7. The summed E-state index contributed by atoms with van der Waals surface area (Å²) in [5, 5.41) is 2.84. The van der Waals surface area contributed by atoms with Crippen molar-refractivity contribution >= 4 is 23.4 Å². The first-order valence-corrected chi connectivity index (χ1v) is 7.89. The molecule has 0 saturated heterocycles. The van der Waals surface area contributed by atoms with Gasteiger partial charge in [-0.15, -0.1) is 0 Å². The average molecular weight is 310 g/mol. The summed E-state index contributed by atoms with van der Waals surface area (Å²) in [6.07, 6.45) is 4.40. The average Bonchev–Trinajstić information content (AvgIpc) is 3.08. The number of nitrogens with one attached hydrogen (secondary N) is 1. The summed E-state index contributed by atoms with van der Waals surface area (Å²) in [4.78, 5) is 14.0. The van der Waals surface area contributed by atoms with Crippen LogP contribution in [0.3, 0.4) is 0 Å². The van der Waals surface area contributed by atoms with Crippen molar-refractivity contribution in [1.29, 1.82) is 0 Å². The molecular weight excluding hydrogens is 288 g/mol. The van der Waals surface area contributed by atoms with Gasteiger partial charge in [-0.05, 0) is 54.8 Å². The van der Waals surface area contributed by atoms with Crippen LogP contribution in [0.15, 0.2) is 46.9 Å². The molecule has 1 aromatic carbocycles. The number of amides is 1. The maximum Gasteiger partial charge on any atom is 0.248 e. The molecule has 23 heavy (non-hydrogen) atoms. The third-order valence-corrected chi connectivity index (χ3v) is 4.17. The monoisotopic (exact) mass is 310 g/mol. The molecule has 1 aromatic heterocycles. The van der Waals surface area contributed by atoms with Crippen LogP contribution in [0.1, 0.15) is 30.8 Å². The smallest absolute Gasteiger partial charge is 0.248 e. The second-order valence-corrected chi connectivity index (χ2v) is 6.32. The van der Waals surface area contributed by atoms with Crippen molar-refractivity contribution in [3.63, 3.8) is 0 Å². The third-order valence-electron chi connectivity index (χ3n) is 4.17. The Morgan fingerprint density at radius 2 is 1.91 bits per heavy atom. The molecule has 1 aliphatic carbocycles. The predicted octanol–water partition coefficient (Wildman–Crippen LogP) is 4.12. The summed E-state index contributed by atoms with van der Waals surface area (Å²) in [6, 6.07) is 11.6. The molecule has 0 unspecified atom stereocenters. The summed E-state index contributed by atoms with van der Waals surface area (Å²) in [6.45, 7) is 2.22. The van der Waals surface area contributed by atoms with E-state index in [1.54, 1.807) is 6.08 Å². The van der Waals surface area contributed by atoms with E-state index < -0.39 is 0 Å². The third kappa shape index (κ3) is 3.83. The fraction of sp³-hybridized carbons (Fsp3) is 0.316. The Morgan fingerprint density at radius 1 is 1.22 bits per heavy atom. The van der Waals surface area contributed by atoms with Crippen molar-refractivity contribution in [3.05, 3.63) is 54.0 Å². The van der Waals surface area contributed by atoms with Crippen molar-refractivity contribution < 1.29 is 9.21 Å². The van der Waals surface area contributed by atoms with Crippen LogP contribution < -0.4 is 10.2 Å². The van der Waals surface area contributed by atoms with E-state index in [2.05, 4.69) is 12.2 Å². The molecule has 0 radical (unpaired) electrons. The summed E-state index contributed by atoms with van der Waals surface area (Å²) in [5.41, 5.74) is 1.87. The SMILES string of the molecule is C[C@@H]1C[C@@H]1c1ccc(/C=C\C(=O)Nc2ccc(N(C)C)cc2)o1. The van der Waals surface area contributed by atoms with E-state index in [9.17, 15) is 4.79 Å². The lowest BCUT2D eigenvalue weighted by Gasteiger charge is -2.12. The van der Waals surface area contributed by atoms with Crippen molar-refractivity contribution in [2.45, 2.75) is 19.3 Å². The van der Waals surface area contributed by atoms with E-state index in [0.717, 1.165) is 22.9 Å². The van der Waals surface area contributed by atoms with Gasteiger partial charge in [0.25, 0.3) is 0 Å². The van der Waals surface area contributed by atoms with Gasteiger partial charge in [-0.2, -0.15) is 0 Å². The van der Waals surface area contributed by atoms with Gasteiger partial charge in [0.05, 0.1) is 0 Å². The maximum absolute atomic E-state index is 12.0. The van der Waals surface area contributed by atoms with Gasteiger partial charge in [-0.3, -0.25) is 4.79 Å². The van der Waals surface area contributed by atoms with Crippen molar-refractivity contribution in [2.75, 3.05) is 24.3 Å². The molecule has 1 saturated carbocycles. The first-order valence-electron chi connectivity index (χ1n) is 7.89. The number of anilines is 2. The minimum atomic E-state index is -0.166. The van der Waals surface area contributed by atoms with Crippen LogP contribution in [0.4, 0.5) is 11.4 Å². The Kier molecular flexibility index (Phi) is 4.24. The summed E-state index contributed by atoms with van der Waals surface area (Å²) >= 11 is 0. The molecule has 4 heteroatoms. The molecule has 120 valence electrons. The number of nitrogens with zero attached hydrogens (tertiary/aromatic N) is 1. The molecule has 1 aliphatic rings. The number of furan rings is 1. The quantitative estimate of drug-likeness (QED) is 0.845. The normalized spacial score (nSPS) is 19.8. The molecule has 0 aliphatic heterocycles. The van der Waals surface area contributed by atoms with E-state index in [0.29, 0.717) is 11.8 Å². The lowest BCUT2D eigenvalue weighted by atomic mass is 10.2. The van der Waals surface area contributed by atoms with Gasteiger partial charge < -0.3 is 14.6 Å². The van der Waals surface area contributed by atoms with Crippen LogP contribution in [0.5, 0.6) is 0 Å². The van der Waals surface area contributed by atoms with Gasteiger partial charge in [0, 0.05) is 37.5 Å². The number of rotatable bonds is 5. The Hall–Kier alpha value is -2.49. The molecule has 3 rings (SSSR count). The first-order chi connectivity index (χ1) is 11.0. The largest absolute Gasteiger partial charge is 0.461 e. The lowest BCUT2D eigenvalue weighted by Crippen LogP contribution is -2.10. The highest BCUT2D eigenvalue weighted by molar-refractivity contribution is 6.01. The highest BCUT2D eigenvalue weighted by atomic mass is 16.3.